The van der Waals surface area contributed by atoms with E-state index in [9.17, 15) is 4.79 Å². The number of nitrogens with zero attached hydrogens (tertiary/aromatic N) is 1. The third kappa shape index (κ3) is 9.69. The van der Waals surface area contributed by atoms with Crippen molar-refractivity contribution >= 4 is 5.91 Å². The van der Waals surface area contributed by atoms with Gasteiger partial charge in [-0.15, -0.1) is 0 Å². The van der Waals surface area contributed by atoms with Crippen molar-refractivity contribution in [2.24, 2.45) is 5.92 Å². The summed E-state index contributed by atoms with van der Waals surface area (Å²) in [4.78, 5) is 14.6. The standard InChI is InChI=1S/C22H43NO/c1-3-5-7-9-11-12-14-16-19-23-20-18-21(22(23)24)17-15-13-10-8-6-4-2/h21H,3-20H2,1-2H3. The van der Waals surface area contributed by atoms with Crippen LogP contribution in [0.2, 0.25) is 0 Å². The van der Waals surface area contributed by atoms with Crippen LogP contribution in [-0.4, -0.2) is 23.9 Å². The molecule has 0 aromatic carbocycles. The van der Waals surface area contributed by atoms with Gasteiger partial charge in [-0.25, -0.2) is 0 Å². The number of unbranched alkanes of at least 4 members (excludes halogenated alkanes) is 12. The summed E-state index contributed by atoms with van der Waals surface area (Å²) in [5, 5.41) is 0. The summed E-state index contributed by atoms with van der Waals surface area (Å²) >= 11 is 0. The quantitative estimate of drug-likeness (QED) is 0.286. The molecule has 0 spiro atoms. The van der Waals surface area contributed by atoms with Crippen molar-refractivity contribution < 1.29 is 4.79 Å². The summed E-state index contributed by atoms with van der Waals surface area (Å²) < 4.78 is 0. The van der Waals surface area contributed by atoms with Crippen LogP contribution in [0.15, 0.2) is 0 Å². The van der Waals surface area contributed by atoms with Gasteiger partial charge >= 0.3 is 0 Å². The van der Waals surface area contributed by atoms with Crippen molar-refractivity contribution in [3.63, 3.8) is 0 Å². The molecule has 1 rings (SSSR count). The van der Waals surface area contributed by atoms with Crippen molar-refractivity contribution in [1.29, 1.82) is 0 Å². The smallest absolute Gasteiger partial charge is 0.225 e. The van der Waals surface area contributed by atoms with Crippen molar-refractivity contribution in [3.8, 4) is 0 Å². The minimum Gasteiger partial charge on any atom is -0.342 e. The first-order chi connectivity index (χ1) is 11.8. The van der Waals surface area contributed by atoms with Gasteiger partial charge in [0, 0.05) is 19.0 Å². The topological polar surface area (TPSA) is 20.3 Å². The molecule has 1 aliphatic heterocycles. The van der Waals surface area contributed by atoms with Crippen LogP contribution in [0.3, 0.4) is 0 Å². The fraction of sp³-hybridized carbons (Fsp3) is 0.955. The lowest BCUT2D eigenvalue weighted by Gasteiger charge is -2.16. The molecule has 1 aliphatic rings. The predicted molar refractivity (Wildman–Crippen MR) is 105 cm³/mol. The molecule has 2 nitrogen and oxygen atoms in total. The highest BCUT2D eigenvalue weighted by Gasteiger charge is 2.30. The van der Waals surface area contributed by atoms with Crippen LogP contribution in [0.1, 0.15) is 117 Å². The van der Waals surface area contributed by atoms with E-state index >= 15 is 0 Å². The molecule has 0 aliphatic carbocycles. The lowest BCUT2D eigenvalue weighted by molar-refractivity contribution is -0.131. The molecule has 1 atom stereocenters. The van der Waals surface area contributed by atoms with Crippen molar-refractivity contribution in [1.82, 2.24) is 4.90 Å². The minimum absolute atomic E-state index is 0.352. The van der Waals surface area contributed by atoms with Crippen LogP contribution in [0.4, 0.5) is 0 Å². The maximum atomic E-state index is 12.4. The monoisotopic (exact) mass is 337 g/mol. The molecule has 0 aromatic heterocycles. The maximum Gasteiger partial charge on any atom is 0.225 e. The van der Waals surface area contributed by atoms with E-state index in [1.165, 1.54) is 89.9 Å². The van der Waals surface area contributed by atoms with Crippen molar-refractivity contribution in [2.75, 3.05) is 13.1 Å². The molecule has 0 aromatic rings. The first-order valence-corrected chi connectivity index (χ1v) is 11.1. The third-order valence-electron chi connectivity index (χ3n) is 5.60. The van der Waals surface area contributed by atoms with E-state index in [0.29, 0.717) is 11.8 Å². The first kappa shape index (κ1) is 21.5. The van der Waals surface area contributed by atoms with Crippen LogP contribution in [0, 0.1) is 5.92 Å². The molecule has 142 valence electrons. The number of likely N-dealkylation sites (tertiary alicyclic amines) is 1. The molecule has 1 unspecified atom stereocenters. The van der Waals surface area contributed by atoms with Gasteiger partial charge in [-0.1, -0.05) is 97.3 Å². The Bertz CT molecular complexity index is 302. The first-order valence-electron chi connectivity index (χ1n) is 11.1. The van der Waals surface area contributed by atoms with Gasteiger partial charge in [-0.2, -0.15) is 0 Å². The Labute approximate surface area is 151 Å². The lowest BCUT2D eigenvalue weighted by Crippen LogP contribution is -2.28. The Morgan fingerprint density at radius 1 is 0.750 bits per heavy atom. The highest BCUT2D eigenvalue weighted by atomic mass is 16.2. The van der Waals surface area contributed by atoms with Crippen molar-refractivity contribution in [2.45, 2.75) is 117 Å². The van der Waals surface area contributed by atoms with E-state index < -0.39 is 0 Å². The maximum absolute atomic E-state index is 12.4. The Morgan fingerprint density at radius 2 is 1.25 bits per heavy atom. The number of hydrogen-bond acceptors (Lipinski definition) is 1. The summed E-state index contributed by atoms with van der Waals surface area (Å²) in [7, 11) is 0. The van der Waals surface area contributed by atoms with Gasteiger partial charge in [0.2, 0.25) is 5.91 Å². The molecule has 1 saturated heterocycles. The van der Waals surface area contributed by atoms with Crippen LogP contribution in [-0.2, 0) is 4.79 Å². The van der Waals surface area contributed by atoms with Gasteiger partial charge < -0.3 is 4.90 Å². The van der Waals surface area contributed by atoms with Gasteiger partial charge in [0.05, 0.1) is 0 Å². The highest BCUT2D eigenvalue weighted by Crippen LogP contribution is 2.24. The van der Waals surface area contributed by atoms with Crippen LogP contribution < -0.4 is 0 Å². The summed E-state index contributed by atoms with van der Waals surface area (Å²) in [5.41, 5.74) is 0. The van der Waals surface area contributed by atoms with Gasteiger partial charge in [0.25, 0.3) is 0 Å². The summed E-state index contributed by atoms with van der Waals surface area (Å²) in [6.07, 6.45) is 21.0. The Hall–Kier alpha value is -0.530. The lowest BCUT2D eigenvalue weighted by atomic mass is 9.99. The van der Waals surface area contributed by atoms with Gasteiger partial charge in [0.1, 0.15) is 0 Å². The number of carbonyl (C=O) groups excluding carboxylic acids is 1. The fourth-order valence-electron chi connectivity index (χ4n) is 3.90. The molecule has 1 heterocycles. The summed E-state index contributed by atoms with van der Waals surface area (Å²) in [6, 6.07) is 0. The number of amides is 1. The highest BCUT2D eigenvalue weighted by molar-refractivity contribution is 5.80. The average molecular weight is 338 g/mol. The van der Waals surface area contributed by atoms with Gasteiger partial charge in [-0.3, -0.25) is 4.79 Å². The fourth-order valence-corrected chi connectivity index (χ4v) is 3.90. The molecule has 0 saturated carbocycles. The predicted octanol–water partition coefficient (Wildman–Crippen LogP) is 6.73. The molecule has 24 heavy (non-hydrogen) atoms. The molecular formula is C22H43NO. The van der Waals surface area contributed by atoms with Crippen LogP contribution >= 0.6 is 0 Å². The van der Waals surface area contributed by atoms with Crippen LogP contribution in [0.25, 0.3) is 0 Å². The zero-order chi connectivity index (χ0) is 17.5. The van der Waals surface area contributed by atoms with E-state index in [1.807, 2.05) is 0 Å². The second kappa shape index (κ2) is 14.8. The second-order valence-corrected chi connectivity index (χ2v) is 7.84. The summed E-state index contributed by atoms with van der Waals surface area (Å²) in [6.45, 7) is 6.57. The number of rotatable bonds is 16. The van der Waals surface area contributed by atoms with Crippen LogP contribution in [0.5, 0.6) is 0 Å². The minimum atomic E-state index is 0.352. The molecule has 1 amide bonds. The van der Waals surface area contributed by atoms with E-state index in [0.717, 1.165) is 25.9 Å². The average Bonchev–Trinajstić information content (AvgIpc) is 2.93. The van der Waals surface area contributed by atoms with Gasteiger partial charge in [0.15, 0.2) is 0 Å². The van der Waals surface area contributed by atoms with E-state index in [2.05, 4.69) is 18.7 Å². The Morgan fingerprint density at radius 3 is 1.83 bits per heavy atom. The van der Waals surface area contributed by atoms with Crippen molar-refractivity contribution in [3.05, 3.63) is 0 Å². The second-order valence-electron chi connectivity index (χ2n) is 7.84. The molecule has 0 N–H and O–H groups in total. The SMILES string of the molecule is CCCCCCCCCCN1CCC(CCCCCCCC)C1=O. The number of carbonyl (C=O) groups is 1. The zero-order valence-corrected chi connectivity index (χ0v) is 16.7. The largest absolute Gasteiger partial charge is 0.342 e. The molecule has 0 bridgehead atoms. The third-order valence-corrected chi connectivity index (χ3v) is 5.60. The normalized spacial score (nSPS) is 17.8. The van der Waals surface area contributed by atoms with E-state index in [1.54, 1.807) is 0 Å². The number of hydrogen-bond donors (Lipinski definition) is 0. The molecular weight excluding hydrogens is 294 g/mol. The van der Waals surface area contributed by atoms with E-state index in [-0.39, 0.29) is 0 Å². The molecule has 2 heteroatoms. The Balaban J connectivity index is 1.97. The van der Waals surface area contributed by atoms with Gasteiger partial charge in [-0.05, 0) is 19.3 Å². The molecule has 0 radical (unpaired) electrons. The van der Waals surface area contributed by atoms with E-state index in [4.69, 9.17) is 0 Å². The Kier molecular flexibility index (Phi) is 13.3. The molecule has 1 fully saturated rings. The zero-order valence-electron chi connectivity index (χ0n) is 16.7. The summed E-state index contributed by atoms with van der Waals surface area (Å²) in [5.74, 6) is 0.816.